The first-order valence-electron chi connectivity index (χ1n) is 9.09. The van der Waals surface area contributed by atoms with Crippen molar-refractivity contribution in [1.82, 2.24) is 19.9 Å². The predicted octanol–water partition coefficient (Wildman–Crippen LogP) is 2.68. The number of rotatable bonds is 6. The normalized spacial score (nSPS) is 12.7. The number of hydrogen-bond donors (Lipinski definition) is 2. The van der Waals surface area contributed by atoms with Gasteiger partial charge in [-0.3, -0.25) is 4.79 Å². The van der Waals surface area contributed by atoms with Gasteiger partial charge < -0.3 is 9.88 Å². The smallest absolute Gasteiger partial charge is 0.240 e. The van der Waals surface area contributed by atoms with Crippen molar-refractivity contribution in [2.45, 2.75) is 24.4 Å². The lowest BCUT2D eigenvalue weighted by Gasteiger charge is -2.16. The number of para-hydroxylation sites is 2. The molecule has 0 unspecified atom stereocenters. The van der Waals surface area contributed by atoms with E-state index in [9.17, 15) is 13.2 Å². The Hall–Kier alpha value is -3.08. The fourth-order valence-corrected chi connectivity index (χ4v) is 4.26. The van der Waals surface area contributed by atoms with E-state index in [4.69, 9.17) is 5.14 Å². The van der Waals surface area contributed by atoms with Crippen LogP contribution in [-0.2, 0) is 21.4 Å². The molecule has 2 aromatic heterocycles. The first-order valence-corrected chi connectivity index (χ1v) is 11.6. The first-order chi connectivity index (χ1) is 14.3. The van der Waals surface area contributed by atoms with Crippen LogP contribution >= 0.6 is 11.3 Å². The summed E-state index contributed by atoms with van der Waals surface area (Å²) in [5.41, 5.74) is 4.86. The van der Waals surface area contributed by atoms with Crippen molar-refractivity contribution in [3.63, 3.8) is 0 Å². The van der Waals surface area contributed by atoms with Gasteiger partial charge in [0.05, 0.1) is 27.5 Å². The first kappa shape index (κ1) is 20.2. The van der Waals surface area contributed by atoms with Gasteiger partial charge in [-0.25, -0.2) is 23.5 Å². The van der Waals surface area contributed by atoms with Crippen molar-refractivity contribution in [1.29, 1.82) is 0 Å². The predicted molar refractivity (Wildman–Crippen MR) is 115 cm³/mol. The molecule has 3 N–H and O–H groups in total. The second-order valence-corrected chi connectivity index (χ2v) is 9.07. The molecule has 30 heavy (non-hydrogen) atoms. The topological polar surface area (TPSA) is 120 Å². The summed E-state index contributed by atoms with van der Waals surface area (Å²) in [5, 5.41) is 9.97. The Kier molecular flexibility index (Phi) is 5.37. The molecule has 0 radical (unpaired) electrons. The Bertz CT molecular complexity index is 1300. The summed E-state index contributed by atoms with van der Waals surface area (Å²) in [6.45, 7) is 1.91. The van der Waals surface area contributed by atoms with E-state index in [-0.39, 0.29) is 23.4 Å². The number of fused-ring (bicyclic) bond motifs is 1. The van der Waals surface area contributed by atoms with E-state index in [0.717, 1.165) is 22.3 Å². The molecule has 10 heteroatoms. The second-order valence-electron chi connectivity index (χ2n) is 6.79. The molecule has 0 saturated heterocycles. The van der Waals surface area contributed by atoms with Gasteiger partial charge in [-0.1, -0.05) is 24.3 Å². The molecular formula is C20H19N5O3S2. The molecule has 8 nitrogen and oxygen atoms in total. The summed E-state index contributed by atoms with van der Waals surface area (Å²) in [5.74, 6) is 0.440. The van der Waals surface area contributed by atoms with Crippen molar-refractivity contribution in [2.75, 3.05) is 0 Å². The lowest BCUT2D eigenvalue weighted by molar-refractivity contribution is -0.122. The van der Waals surface area contributed by atoms with Gasteiger partial charge in [0.15, 0.2) is 5.82 Å². The van der Waals surface area contributed by atoms with Crippen molar-refractivity contribution >= 4 is 38.3 Å². The maximum absolute atomic E-state index is 12.8. The Morgan fingerprint density at radius 3 is 2.60 bits per heavy atom. The highest BCUT2D eigenvalue weighted by molar-refractivity contribution is 7.89. The van der Waals surface area contributed by atoms with Crippen LogP contribution in [0.25, 0.3) is 22.6 Å². The van der Waals surface area contributed by atoms with Crippen LogP contribution in [0.3, 0.4) is 0 Å². The van der Waals surface area contributed by atoms with Gasteiger partial charge in [0.1, 0.15) is 12.2 Å². The van der Waals surface area contributed by atoms with E-state index in [1.807, 2.05) is 41.1 Å². The van der Waals surface area contributed by atoms with Crippen LogP contribution in [0.1, 0.15) is 18.5 Å². The molecule has 4 aromatic rings. The number of imidazole rings is 1. The van der Waals surface area contributed by atoms with E-state index in [1.165, 1.54) is 23.5 Å². The van der Waals surface area contributed by atoms with E-state index in [0.29, 0.717) is 5.82 Å². The molecule has 0 bridgehead atoms. The number of carbonyl (C=O) groups excluding carboxylic acids is 1. The molecule has 0 aliphatic rings. The number of nitrogens with two attached hydrogens (primary N) is 1. The zero-order valence-corrected chi connectivity index (χ0v) is 17.7. The molecule has 1 atom stereocenters. The molecule has 154 valence electrons. The number of amides is 1. The van der Waals surface area contributed by atoms with E-state index in [1.54, 1.807) is 17.6 Å². The van der Waals surface area contributed by atoms with Crippen LogP contribution in [0.5, 0.6) is 0 Å². The maximum Gasteiger partial charge on any atom is 0.240 e. The van der Waals surface area contributed by atoms with Gasteiger partial charge in [0.25, 0.3) is 0 Å². The number of sulfonamides is 1. The van der Waals surface area contributed by atoms with Crippen LogP contribution in [0.15, 0.2) is 64.3 Å². The SMILES string of the molecule is C[C@@H](NC(=O)Cn1c(-c2cscn2)nc2ccccc21)c1ccc(S(N)(=O)=O)cc1. The fraction of sp³-hybridized carbons (Fsp3) is 0.150. The average Bonchev–Trinajstić information content (AvgIpc) is 3.36. The summed E-state index contributed by atoms with van der Waals surface area (Å²) in [6, 6.07) is 13.4. The van der Waals surface area contributed by atoms with Crippen LogP contribution in [0, 0.1) is 0 Å². The summed E-state index contributed by atoms with van der Waals surface area (Å²) < 4.78 is 24.6. The van der Waals surface area contributed by atoms with Gasteiger partial charge in [-0.15, -0.1) is 11.3 Å². The second kappa shape index (κ2) is 7.98. The molecule has 0 saturated carbocycles. The molecule has 0 spiro atoms. The minimum absolute atomic E-state index is 0.0302. The third-order valence-corrected chi connectivity index (χ3v) is 6.22. The lowest BCUT2D eigenvalue weighted by atomic mass is 10.1. The minimum Gasteiger partial charge on any atom is -0.348 e. The highest BCUT2D eigenvalue weighted by Gasteiger charge is 2.18. The number of carbonyl (C=O) groups is 1. The van der Waals surface area contributed by atoms with Crippen molar-refractivity contribution in [2.24, 2.45) is 5.14 Å². The standard InChI is InChI=1S/C20H19N5O3S2/c1-13(14-6-8-15(9-7-14)30(21,27)28)23-19(26)10-25-18-5-3-2-4-16(18)24-20(25)17-11-29-12-22-17/h2-9,11-13H,10H2,1H3,(H,23,26)(H2,21,27,28)/t13-/m1/s1. The number of primary sulfonamides is 1. The highest BCUT2D eigenvalue weighted by atomic mass is 32.2. The van der Waals surface area contributed by atoms with E-state index in [2.05, 4.69) is 15.3 Å². The van der Waals surface area contributed by atoms with Gasteiger partial charge in [0.2, 0.25) is 15.9 Å². The number of nitrogens with zero attached hydrogens (tertiary/aromatic N) is 3. The molecule has 0 fully saturated rings. The quantitative estimate of drug-likeness (QED) is 0.477. The Morgan fingerprint density at radius 2 is 1.93 bits per heavy atom. The molecule has 1 amide bonds. The molecule has 2 heterocycles. The summed E-state index contributed by atoms with van der Waals surface area (Å²) in [7, 11) is -3.75. The number of benzene rings is 2. The van der Waals surface area contributed by atoms with E-state index >= 15 is 0 Å². The molecular weight excluding hydrogens is 422 g/mol. The number of hydrogen-bond acceptors (Lipinski definition) is 6. The number of thiazole rings is 1. The molecule has 0 aliphatic heterocycles. The molecule has 0 aliphatic carbocycles. The van der Waals surface area contributed by atoms with E-state index < -0.39 is 10.0 Å². The van der Waals surface area contributed by atoms with Gasteiger partial charge in [-0.2, -0.15) is 0 Å². The molecule has 4 rings (SSSR count). The summed E-state index contributed by atoms with van der Waals surface area (Å²) >= 11 is 1.47. The lowest BCUT2D eigenvalue weighted by Crippen LogP contribution is -2.30. The van der Waals surface area contributed by atoms with Crippen LogP contribution in [0.4, 0.5) is 0 Å². The fourth-order valence-electron chi connectivity index (χ4n) is 3.21. The highest BCUT2D eigenvalue weighted by Crippen LogP contribution is 2.25. The van der Waals surface area contributed by atoms with Gasteiger partial charge >= 0.3 is 0 Å². The van der Waals surface area contributed by atoms with Crippen LogP contribution in [0.2, 0.25) is 0 Å². The Labute approximate surface area is 177 Å². The maximum atomic E-state index is 12.8. The van der Waals surface area contributed by atoms with Gasteiger partial charge in [0, 0.05) is 5.38 Å². The molecule has 2 aromatic carbocycles. The third kappa shape index (κ3) is 4.11. The van der Waals surface area contributed by atoms with Gasteiger partial charge in [-0.05, 0) is 36.8 Å². The van der Waals surface area contributed by atoms with Crippen LogP contribution in [-0.4, -0.2) is 28.9 Å². The van der Waals surface area contributed by atoms with Crippen molar-refractivity contribution in [3.05, 3.63) is 65.0 Å². The largest absolute Gasteiger partial charge is 0.348 e. The monoisotopic (exact) mass is 441 g/mol. The summed E-state index contributed by atoms with van der Waals surface area (Å²) in [4.78, 5) is 21.8. The minimum atomic E-state index is -3.75. The van der Waals surface area contributed by atoms with Crippen LogP contribution < -0.4 is 10.5 Å². The number of aromatic nitrogens is 3. The zero-order chi connectivity index (χ0) is 21.3. The Balaban J connectivity index is 1.56. The zero-order valence-electron chi connectivity index (χ0n) is 16.0. The number of nitrogens with one attached hydrogen (secondary N) is 1. The third-order valence-electron chi connectivity index (χ3n) is 4.70. The summed E-state index contributed by atoms with van der Waals surface area (Å²) in [6.07, 6.45) is 0. The average molecular weight is 442 g/mol. The van der Waals surface area contributed by atoms with Crippen molar-refractivity contribution < 1.29 is 13.2 Å². The van der Waals surface area contributed by atoms with Crippen molar-refractivity contribution in [3.8, 4) is 11.5 Å². The Morgan fingerprint density at radius 1 is 1.20 bits per heavy atom.